The minimum Gasteiger partial charge on any atom is -0.461 e. The van der Waals surface area contributed by atoms with Crippen LogP contribution < -0.4 is 0 Å². The van der Waals surface area contributed by atoms with Crippen molar-refractivity contribution in [3.63, 3.8) is 0 Å². The standard InChI is InChI=1S/C32H53BrO2/c1-6-7-8-9-10-11-12-23-14-16-27-26-15-13-24-21-25(35-30(34)29(33)22(2)3)17-19-32(24,5)28(26)18-20-31(23,27)4/h13,22-23,25-29H,6-12,14-21H2,1-5H3. The molecule has 0 amide bonds. The first-order valence-electron chi connectivity index (χ1n) is 15.2. The lowest BCUT2D eigenvalue weighted by atomic mass is 9.47. The molecule has 4 aliphatic rings. The van der Waals surface area contributed by atoms with E-state index in [1.54, 1.807) is 5.57 Å². The maximum atomic E-state index is 12.6. The van der Waals surface area contributed by atoms with Crippen LogP contribution in [0.25, 0.3) is 0 Å². The lowest BCUT2D eigenvalue weighted by molar-refractivity contribution is -0.151. The monoisotopic (exact) mass is 548 g/mol. The first kappa shape index (κ1) is 27.7. The maximum absolute atomic E-state index is 12.6. The van der Waals surface area contributed by atoms with E-state index in [2.05, 4.69) is 56.6 Å². The molecule has 0 aromatic rings. The zero-order valence-electron chi connectivity index (χ0n) is 23.4. The lowest BCUT2D eigenvalue weighted by Gasteiger charge is -2.58. The predicted molar refractivity (Wildman–Crippen MR) is 151 cm³/mol. The number of hydrogen-bond acceptors (Lipinski definition) is 2. The van der Waals surface area contributed by atoms with Crippen LogP contribution in [0.3, 0.4) is 0 Å². The number of carbonyl (C=O) groups excluding carboxylic acids is 1. The Balaban J connectivity index is 1.36. The molecule has 35 heavy (non-hydrogen) atoms. The van der Waals surface area contributed by atoms with Crippen LogP contribution >= 0.6 is 15.9 Å². The van der Waals surface area contributed by atoms with Gasteiger partial charge in [0.15, 0.2) is 0 Å². The molecule has 3 fully saturated rings. The van der Waals surface area contributed by atoms with E-state index in [0.29, 0.717) is 10.8 Å². The van der Waals surface area contributed by atoms with Crippen LogP contribution in [0, 0.1) is 40.4 Å². The minimum atomic E-state index is -0.191. The van der Waals surface area contributed by atoms with Crippen LogP contribution in [-0.2, 0) is 9.53 Å². The summed E-state index contributed by atoms with van der Waals surface area (Å²) in [4.78, 5) is 12.4. The van der Waals surface area contributed by atoms with Gasteiger partial charge in [-0.3, -0.25) is 4.79 Å². The Morgan fingerprint density at radius 1 is 1.03 bits per heavy atom. The van der Waals surface area contributed by atoms with E-state index in [0.717, 1.165) is 36.5 Å². The van der Waals surface area contributed by atoms with E-state index in [9.17, 15) is 4.79 Å². The van der Waals surface area contributed by atoms with Crippen LogP contribution in [0.2, 0.25) is 0 Å². The van der Waals surface area contributed by atoms with Gasteiger partial charge < -0.3 is 4.74 Å². The highest BCUT2D eigenvalue weighted by molar-refractivity contribution is 9.10. The van der Waals surface area contributed by atoms with Crippen molar-refractivity contribution < 1.29 is 9.53 Å². The van der Waals surface area contributed by atoms with Crippen LogP contribution in [-0.4, -0.2) is 16.9 Å². The molecular weight excluding hydrogens is 496 g/mol. The zero-order chi connectivity index (χ0) is 25.2. The van der Waals surface area contributed by atoms with Gasteiger partial charge in [-0.15, -0.1) is 0 Å². The number of alkyl halides is 1. The third kappa shape index (κ3) is 5.61. The molecule has 4 rings (SSSR count). The highest BCUT2D eigenvalue weighted by Gasteiger charge is 2.58. The normalized spacial score (nSPS) is 39.4. The van der Waals surface area contributed by atoms with Gasteiger partial charge in [-0.25, -0.2) is 0 Å². The molecule has 0 saturated heterocycles. The Kier molecular flexibility index (Phi) is 9.19. The molecule has 0 aliphatic heterocycles. The molecule has 0 heterocycles. The molecule has 8 unspecified atom stereocenters. The summed E-state index contributed by atoms with van der Waals surface area (Å²) in [7, 11) is 0. The van der Waals surface area contributed by atoms with Gasteiger partial charge >= 0.3 is 5.97 Å². The van der Waals surface area contributed by atoms with Crippen molar-refractivity contribution in [3.8, 4) is 0 Å². The summed E-state index contributed by atoms with van der Waals surface area (Å²) in [6, 6.07) is 0. The molecule has 0 aromatic carbocycles. The van der Waals surface area contributed by atoms with Gasteiger partial charge in [0.25, 0.3) is 0 Å². The summed E-state index contributed by atoms with van der Waals surface area (Å²) >= 11 is 3.54. The second kappa shape index (κ2) is 11.6. The second-order valence-corrected chi connectivity index (χ2v) is 14.6. The summed E-state index contributed by atoms with van der Waals surface area (Å²) < 4.78 is 5.99. The van der Waals surface area contributed by atoms with Gasteiger partial charge in [-0.05, 0) is 91.8 Å². The van der Waals surface area contributed by atoms with Crippen LogP contribution in [0.15, 0.2) is 11.6 Å². The van der Waals surface area contributed by atoms with E-state index < -0.39 is 0 Å². The van der Waals surface area contributed by atoms with Crippen molar-refractivity contribution in [1.82, 2.24) is 0 Å². The smallest absolute Gasteiger partial charge is 0.320 e. The molecule has 8 atom stereocenters. The molecule has 0 N–H and O–H groups in total. The average Bonchev–Trinajstić information content (AvgIpc) is 3.17. The Morgan fingerprint density at radius 3 is 2.51 bits per heavy atom. The van der Waals surface area contributed by atoms with Crippen molar-refractivity contribution in [2.75, 3.05) is 0 Å². The first-order valence-corrected chi connectivity index (χ1v) is 16.2. The summed E-state index contributed by atoms with van der Waals surface area (Å²) in [5.41, 5.74) is 2.53. The Morgan fingerprint density at radius 2 is 1.77 bits per heavy atom. The molecule has 0 bridgehead atoms. The van der Waals surface area contributed by atoms with E-state index in [-0.39, 0.29) is 22.8 Å². The fourth-order valence-electron chi connectivity index (χ4n) is 8.98. The van der Waals surface area contributed by atoms with Crippen LogP contribution in [0.5, 0.6) is 0 Å². The van der Waals surface area contributed by atoms with Gasteiger partial charge in [0, 0.05) is 6.42 Å². The number of esters is 1. The summed E-state index contributed by atoms with van der Waals surface area (Å²) in [6.45, 7) is 11.7. The first-order chi connectivity index (χ1) is 16.7. The Bertz CT molecular complexity index is 759. The molecule has 4 aliphatic carbocycles. The SMILES string of the molecule is CCCCCCCCC1CCC2C3CC=C4CC(OC(=O)C(Br)C(C)C)CCC4(C)C3CCC12C. The third-order valence-corrected chi connectivity index (χ3v) is 12.7. The number of fused-ring (bicyclic) bond motifs is 5. The third-order valence-electron chi connectivity index (χ3n) is 11.3. The number of allylic oxidation sites excluding steroid dienone is 1. The van der Waals surface area contributed by atoms with Crippen molar-refractivity contribution in [2.45, 2.75) is 142 Å². The second-order valence-electron chi connectivity index (χ2n) is 13.6. The minimum absolute atomic E-state index is 0.0687. The molecular formula is C32H53BrO2. The van der Waals surface area contributed by atoms with Gasteiger partial charge in [-0.1, -0.05) is 101 Å². The van der Waals surface area contributed by atoms with Crippen molar-refractivity contribution in [2.24, 2.45) is 40.4 Å². The zero-order valence-corrected chi connectivity index (χ0v) is 25.0. The lowest BCUT2D eigenvalue weighted by Crippen LogP contribution is -2.50. The van der Waals surface area contributed by atoms with Gasteiger partial charge in [0.05, 0.1) is 0 Å². The number of halogens is 1. The largest absolute Gasteiger partial charge is 0.461 e. The molecule has 3 saturated carbocycles. The topological polar surface area (TPSA) is 26.3 Å². The van der Waals surface area contributed by atoms with Crippen molar-refractivity contribution in [1.29, 1.82) is 0 Å². The van der Waals surface area contributed by atoms with Crippen LogP contribution in [0.1, 0.15) is 131 Å². The maximum Gasteiger partial charge on any atom is 0.320 e. The number of hydrogen-bond donors (Lipinski definition) is 0. The molecule has 0 aromatic heterocycles. The quantitative estimate of drug-likeness (QED) is 0.117. The molecule has 3 heteroatoms. The van der Waals surface area contributed by atoms with Crippen molar-refractivity contribution in [3.05, 3.63) is 11.6 Å². The summed E-state index contributed by atoms with van der Waals surface area (Å²) in [6.07, 6.45) is 23.0. The van der Waals surface area contributed by atoms with Gasteiger partial charge in [0.2, 0.25) is 0 Å². The summed E-state index contributed by atoms with van der Waals surface area (Å²) in [5.74, 6) is 3.80. The number of rotatable bonds is 10. The number of ether oxygens (including phenoxy) is 1. The predicted octanol–water partition coefficient (Wildman–Crippen LogP) is 9.65. The van der Waals surface area contributed by atoms with E-state index >= 15 is 0 Å². The summed E-state index contributed by atoms with van der Waals surface area (Å²) in [5, 5.41) is 0. The molecule has 0 spiro atoms. The number of unbranched alkanes of at least 4 members (excludes halogenated alkanes) is 5. The van der Waals surface area contributed by atoms with E-state index in [1.165, 1.54) is 83.5 Å². The molecule has 2 nitrogen and oxygen atoms in total. The van der Waals surface area contributed by atoms with E-state index in [1.807, 2.05) is 0 Å². The fraction of sp³-hybridized carbons (Fsp3) is 0.906. The highest BCUT2D eigenvalue weighted by atomic mass is 79.9. The van der Waals surface area contributed by atoms with Crippen molar-refractivity contribution >= 4 is 21.9 Å². The molecule has 200 valence electrons. The average molecular weight is 550 g/mol. The van der Waals surface area contributed by atoms with E-state index in [4.69, 9.17) is 4.74 Å². The van der Waals surface area contributed by atoms with Gasteiger partial charge in [-0.2, -0.15) is 0 Å². The Hall–Kier alpha value is -0.310. The Labute approximate surface area is 224 Å². The number of carbonyl (C=O) groups is 1. The fourth-order valence-corrected chi connectivity index (χ4v) is 9.09. The molecule has 0 radical (unpaired) electrons. The highest BCUT2D eigenvalue weighted by Crippen LogP contribution is 2.66. The van der Waals surface area contributed by atoms with Gasteiger partial charge in [0.1, 0.15) is 10.9 Å². The van der Waals surface area contributed by atoms with Crippen LogP contribution in [0.4, 0.5) is 0 Å².